The zero-order valence-corrected chi connectivity index (χ0v) is 14.6. The minimum atomic E-state index is -0.966. The third-order valence-electron chi connectivity index (χ3n) is 4.22. The first-order chi connectivity index (χ1) is 12.1. The zero-order chi connectivity index (χ0) is 17.6. The minimum absolute atomic E-state index is 0.0536. The van der Waals surface area contributed by atoms with E-state index in [1.54, 1.807) is 24.3 Å². The van der Waals surface area contributed by atoms with Gasteiger partial charge in [-0.2, -0.15) is 0 Å². The molecule has 1 aliphatic heterocycles. The summed E-state index contributed by atoms with van der Waals surface area (Å²) in [6, 6.07) is 17.0. The molecule has 0 spiro atoms. The zero-order valence-electron chi connectivity index (χ0n) is 13.8. The maximum Gasteiger partial charge on any atom is 0.336 e. The Hall–Kier alpha value is -2.47. The van der Waals surface area contributed by atoms with Crippen LogP contribution in [-0.2, 0) is 4.79 Å². The van der Waals surface area contributed by atoms with Gasteiger partial charge in [0.2, 0.25) is 5.91 Å². The quantitative estimate of drug-likeness (QED) is 0.835. The van der Waals surface area contributed by atoms with Crippen molar-refractivity contribution in [2.75, 3.05) is 36.8 Å². The number of aromatic carboxylic acids is 1. The predicted molar refractivity (Wildman–Crippen MR) is 99.4 cm³/mol. The van der Waals surface area contributed by atoms with E-state index in [0.717, 1.165) is 13.1 Å². The number of carboxylic acid groups (broad SMARTS) is 1. The van der Waals surface area contributed by atoms with Gasteiger partial charge in [-0.05, 0) is 24.3 Å². The number of para-hydroxylation sites is 1. The number of carboxylic acids is 1. The van der Waals surface area contributed by atoms with Crippen molar-refractivity contribution in [2.24, 2.45) is 0 Å². The number of nitrogens with zero attached hydrogens (tertiary/aromatic N) is 2. The maximum absolute atomic E-state index is 12.4. The Balaban J connectivity index is 1.53. The first-order valence-corrected chi connectivity index (χ1v) is 9.16. The molecule has 1 aliphatic rings. The Bertz CT molecular complexity index is 743. The van der Waals surface area contributed by atoms with Crippen LogP contribution in [0.15, 0.2) is 59.5 Å². The second-order valence-corrected chi connectivity index (χ2v) is 6.81. The van der Waals surface area contributed by atoms with Crippen LogP contribution in [0.2, 0.25) is 0 Å². The van der Waals surface area contributed by atoms with Gasteiger partial charge in [0.05, 0.1) is 11.3 Å². The standard InChI is InChI=1S/C19H20N2O3S/c22-18(14-25-17-9-5-4-8-16(17)19(23)24)21-12-10-20(11-13-21)15-6-2-1-3-7-15/h1-9H,10-14H2,(H,23,24). The van der Waals surface area contributed by atoms with Crippen LogP contribution >= 0.6 is 11.8 Å². The van der Waals surface area contributed by atoms with Crippen molar-refractivity contribution in [1.82, 2.24) is 4.90 Å². The molecule has 3 rings (SSSR count). The van der Waals surface area contributed by atoms with Crippen LogP contribution in [0.3, 0.4) is 0 Å². The van der Waals surface area contributed by atoms with E-state index < -0.39 is 5.97 Å². The Morgan fingerprint density at radius 3 is 2.24 bits per heavy atom. The van der Waals surface area contributed by atoms with Crippen molar-refractivity contribution in [1.29, 1.82) is 0 Å². The number of benzene rings is 2. The molecule has 5 nitrogen and oxygen atoms in total. The number of piperazine rings is 1. The molecule has 1 N–H and O–H groups in total. The van der Waals surface area contributed by atoms with Gasteiger partial charge < -0.3 is 14.9 Å². The molecule has 0 bridgehead atoms. The van der Waals surface area contributed by atoms with E-state index >= 15 is 0 Å². The van der Waals surface area contributed by atoms with Crippen molar-refractivity contribution >= 4 is 29.3 Å². The number of carbonyl (C=O) groups excluding carboxylic acids is 1. The fraction of sp³-hybridized carbons (Fsp3) is 0.263. The molecule has 1 heterocycles. The second-order valence-electron chi connectivity index (χ2n) is 5.79. The van der Waals surface area contributed by atoms with E-state index in [1.807, 2.05) is 23.1 Å². The van der Waals surface area contributed by atoms with Gasteiger partial charge in [0.1, 0.15) is 0 Å². The van der Waals surface area contributed by atoms with Crippen LogP contribution < -0.4 is 4.90 Å². The van der Waals surface area contributed by atoms with Gasteiger partial charge in [-0.15, -0.1) is 11.8 Å². The fourth-order valence-electron chi connectivity index (χ4n) is 2.85. The van der Waals surface area contributed by atoms with Crippen LogP contribution in [0, 0.1) is 0 Å². The lowest BCUT2D eigenvalue weighted by atomic mass is 10.2. The predicted octanol–water partition coefficient (Wildman–Crippen LogP) is 2.83. The Kier molecular flexibility index (Phi) is 5.60. The van der Waals surface area contributed by atoms with E-state index in [2.05, 4.69) is 17.0 Å². The van der Waals surface area contributed by atoms with Crippen molar-refractivity contribution in [3.63, 3.8) is 0 Å². The molecule has 1 saturated heterocycles. The average molecular weight is 356 g/mol. The lowest BCUT2D eigenvalue weighted by Crippen LogP contribution is -2.49. The van der Waals surface area contributed by atoms with Gasteiger partial charge in [0.25, 0.3) is 0 Å². The topological polar surface area (TPSA) is 60.9 Å². The van der Waals surface area contributed by atoms with Crippen LogP contribution in [0.5, 0.6) is 0 Å². The molecule has 0 atom stereocenters. The average Bonchev–Trinajstić information content (AvgIpc) is 2.67. The van der Waals surface area contributed by atoms with Crippen molar-refractivity contribution in [3.05, 3.63) is 60.2 Å². The normalized spacial score (nSPS) is 14.4. The smallest absolute Gasteiger partial charge is 0.336 e. The molecule has 0 unspecified atom stereocenters. The first kappa shape index (κ1) is 17.4. The highest BCUT2D eigenvalue weighted by molar-refractivity contribution is 8.00. The van der Waals surface area contributed by atoms with Crippen molar-refractivity contribution in [2.45, 2.75) is 4.90 Å². The molecule has 130 valence electrons. The fourth-order valence-corrected chi connectivity index (χ4v) is 3.80. The number of hydrogen-bond acceptors (Lipinski definition) is 4. The molecular weight excluding hydrogens is 336 g/mol. The molecule has 0 radical (unpaired) electrons. The Morgan fingerprint density at radius 1 is 0.920 bits per heavy atom. The van der Waals surface area contributed by atoms with Crippen LogP contribution in [0.25, 0.3) is 0 Å². The van der Waals surface area contributed by atoms with E-state index in [9.17, 15) is 14.7 Å². The summed E-state index contributed by atoms with van der Waals surface area (Å²) in [5.41, 5.74) is 1.42. The molecule has 2 aromatic rings. The largest absolute Gasteiger partial charge is 0.478 e. The van der Waals surface area contributed by atoms with Crippen LogP contribution in [0.4, 0.5) is 5.69 Å². The SMILES string of the molecule is O=C(O)c1ccccc1SCC(=O)N1CCN(c2ccccc2)CC1. The van der Waals surface area contributed by atoms with Gasteiger partial charge in [-0.1, -0.05) is 30.3 Å². The van der Waals surface area contributed by atoms with Crippen molar-refractivity contribution < 1.29 is 14.7 Å². The first-order valence-electron chi connectivity index (χ1n) is 8.18. The molecule has 2 aromatic carbocycles. The van der Waals surface area contributed by atoms with E-state index in [1.165, 1.54) is 17.4 Å². The van der Waals surface area contributed by atoms with Gasteiger partial charge in [0, 0.05) is 36.8 Å². The van der Waals surface area contributed by atoms with E-state index in [-0.39, 0.29) is 17.2 Å². The lowest BCUT2D eigenvalue weighted by molar-refractivity contribution is -0.128. The monoisotopic (exact) mass is 356 g/mol. The Morgan fingerprint density at radius 2 is 1.56 bits per heavy atom. The summed E-state index contributed by atoms with van der Waals surface area (Å²) in [4.78, 5) is 28.4. The molecule has 0 aromatic heterocycles. The summed E-state index contributed by atoms with van der Waals surface area (Å²) in [5.74, 6) is -0.653. The summed E-state index contributed by atoms with van der Waals surface area (Å²) in [6.45, 7) is 3.00. The highest BCUT2D eigenvalue weighted by Gasteiger charge is 2.21. The molecule has 1 fully saturated rings. The lowest BCUT2D eigenvalue weighted by Gasteiger charge is -2.36. The van der Waals surface area contributed by atoms with Crippen molar-refractivity contribution in [3.8, 4) is 0 Å². The summed E-state index contributed by atoms with van der Waals surface area (Å²) in [7, 11) is 0. The number of amides is 1. The summed E-state index contributed by atoms with van der Waals surface area (Å²) in [5, 5.41) is 9.20. The van der Waals surface area contributed by atoms with Gasteiger partial charge in [0.15, 0.2) is 0 Å². The third kappa shape index (κ3) is 4.33. The van der Waals surface area contributed by atoms with Crippen LogP contribution in [-0.4, -0.2) is 53.8 Å². The second kappa shape index (κ2) is 8.07. The van der Waals surface area contributed by atoms with Crippen LogP contribution in [0.1, 0.15) is 10.4 Å². The summed E-state index contributed by atoms with van der Waals surface area (Å²) >= 11 is 1.29. The summed E-state index contributed by atoms with van der Waals surface area (Å²) in [6.07, 6.45) is 0. The molecule has 6 heteroatoms. The Labute approximate surface area is 151 Å². The molecule has 25 heavy (non-hydrogen) atoms. The maximum atomic E-state index is 12.4. The molecule has 0 saturated carbocycles. The number of hydrogen-bond donors (Lipinski definition) is 1. The van der Waals surface area contributed by atoms with E-state index in [0.29, 0.717) is 18.0 Å². The molecular formula is C19H20N2O3S. The molecule has 0 aliphatic carbocycles. The van der Waals surface area contributed by atoms with E-state index in [4.69, 9.17) is 0 Å². The minimum Gasteiger partial charge on any atom is -0.478 e. The highest BCUT2D eigenvalue weighted by atomic mass is 32.2. The highest BCUT2D eigenvalue weighted by Crippen LogP contribution is 2.23. The number of anilines is 1. The number of rotatable bonds is 5. The van der Waals surface area contributed by atoms with Gasteiger partial charge in [-0.3, -0.25) is 4.79 Å². The van der Waals surface area contributed by atoms with Gasteiger partial charge >= 0.3 is 5.97 Å². The third-order valence-corrected chi connectivity index (χ3v) is 5.28. The summed E-state index contributed by atoms with van der Waals surface area (Å²) < 4.78 is 0. The number of thioether (sulfide) groups is 1. The van der Waals surface area contributed by atoms with Gasteiger partial charge in [-0.25, -0.2) is 4.79 Å². The number of carbonyl (C=O) groups is 2. The molecule has 1 amide bonds.